The van der Waals surface area contributed by atoms with E-state index in [4.69, 9.17) is 16.0 Å². The van der Waals surface area contributed by atoms with E-state index in [1.165, 1.54) is 6.92 Å². The molecule has 0 spiro atoms. The second-order valence-corrected chi connectivity index (χ2v) is 2.44. The van der Waals surface area contributed by atoms with Crippen molar-refractivity contribution in [3.8, 4) is 0 Å². The van der Waals surface area contributed by atoms with Crippen molar-refractivity contribution in [2.75, 3.05) is 0 Å². The zero-order valence-electron chi connectivity index (χ0n) is 5.77. The van der Waals surface area contributed by atoms with Crippen molar-refractivity contribution in [1.82, 2.24) is 0 Å². The molecule has 0 fully saturated rings. The molecule has 0 aliphatic heterocycles. The van der Waals surface area contributed by atoms with Gasteiger partial charge in [-0.3, -0.25) is 4.79 Å². The molecular weight excluding hydrogens is 152 g/mol. The molecule has 0 saturated heterocycles. The highest BCUT2D eigenvalue weighted by Crippen LogP contribution is 2.20. The Kier molecular flexibility index (Phi) is 1.81. The van der Waals surface area contributed by atoms with Gasteiger partial charge in [0.05, 0.1) is 5.56 Å². The van der Waals surface area contributed by atoms with Crippen molar-refractivity contribution >= 4 is 17.4 Å². The number of carbonyl (C=O) groups excluding carboxylic acids is 1. The third-order valence-corrected chi connectivity index (χ3v) is 1.47. The van der Waals surface area contributed by atoms with Crippen LogP contribution in [0.15, 0.2) is 10.5 Å². The summed E-state index contributed by atoms with van der Waals surface area (Å²) in [6.07, 6.45) is 0. The van der Waals surface area contributed by atoms with Gasteiger partial charge >= 0.3 is 0 Å². The quantitative estimate of drug-likeness (QED) is 0.588. The summed E-state index contributed by atoms with van der Waals surface area (Å²) in [6.45, 7) is 3.20. The van der Waals surface area contributed by atoms with E-state index in [1.807, 2.05) is 0 Å². The number of carbonyl (C=O) groups is 1. The van der Waals surface area contributed by atoms with Gasteiger partial charge in [-0.15, -0.1) is 0 Å². The zero-order chi connectivity index (χ0) is 7.72. The molecule has 0 amide bonds. The molecule has 0 unspecified atom stereocenters. The van der Waals surface area contributed by atoms with Gasteiger partial charge in [-0.05, 0) is 31.5 Å². The first-order valence-corrected chi connectivity index (χ1v) is 3.26. The highest BCUT2D eigenvalue weighted by Gasteiger charge is 2.09. The molecule has 0 saturated carbocycles. The summed E-state index contributed by atoms with van der Waals surface area (Å²) in [5.74, 6) is 0.594. The molecule has 1 aromatic rings. The van der Waals surface area contributed by atoms with E-state index in [1.54, 1.807) is 13.0 Å². The minimum absolute atomic E-state index is 0.0677. The molecule has 1 heterocycles. The molecule has 0 atom stereocenters. The molecule has 1 aromatic heterocycles. The van der Waals surface area contributed by atoms with Crippen molar-refractivity contribution in [2.24, 2.45) is 0 Å². The van der Waals surface area contributed by atoms with Crippen LogP contribution in [0.2, 0.25) is 5.22 Å². The Labute approximate surface area is 63.8 Å². The Balaban J connectivity index is 3.15. The van der Waals surface area contributed by atoms with Crippen LogP contribution in [0.5, 0.6) is 0 Å². The largest absolute Gasteiger partial charge is 0.449 e. The van der Waals surface area contributed by atoms with E-state index >= 15 is 0 Å². The highest BCUT2D eigenvalue weighted by atomic mass is 35.5. The topological polar surface area (TPSA) is 30.2 Å². The van der Waals surface area contributed by atoms with Crippen molar-refractivity contribution in [3.05, 3.63) is 22.6 Å². The van der Waals surface area contributed by atoms with Gasteiger partial charge in [0, 0.05) is 0 Å². The van der Waals surface area contributed by atoms with Crippen LogP contribution in [-0.4, -0.2) is 5.78 Å². The molecule has 0 bridgehead atoms. The minimum Gasteiger partial charge on any atom is -0.449 e. The second kappa shape index (κ2) is 2.46. The maximum atomic E-state index is 10.7. The Morgan fingerprint density at radius 3 is 2.50 bits per heavy atom. The van der Waals surface area contributed by atoms with Crippen molar-refractivity contribution in [2.45, 2.75) is 13.8 Å². The number of ketones is 1. The molecule has 0 radical (unpaired) electrons. The molecule has 0 N–H and O–H groups in total. The van der Waals surface area contributed by atoms with E-state index in [9.17, 15) is 4.79 Å². The van der Waals surface area contributed by atoms with Gasteiger partial charge in [0.1, 0.15) is 5.76 Å². The fourth-order valence-electron chi connectivity index (χ4n) is 0.726. The van der Waals surface area contributed by atoms with Crippen LogP contribution in [0.1, 0.15) is 23.0 Å². The minimum atomic E-state index is -0.0677. The van der Waals surface area contributed by atoms with Crippen LogP contribution >= 0.6 is 11.6 Å². The standard InChI is InChI=1S/C7H7ClO2/c1-4-3-6(5(2)9)7(8)10-4/h3H,1-2H3. The number of Topliss-reactive ketones (excluding diaryl/α,β-unsaturated/α-hetero) is 1. The molecule has 1 rings (SSSR count). The fraction of sp³-hybridized carbons (Fsp3) is 0.286. The molecule has 10 heavy (non-hydrogen) atoms. The van der Waals surface area contributed by atoms with Gasteiger partial charge in [0.2, 0.25) is 5.22 Å². The van der Waals surface area contributed by atoms with Gasteiger partial charge in [-0.1, -0.05) is 0 Å². The summed E-state index contributed by atoms with van der Waals surface area (Å²) in [5, 5.41) is 0.185. The van der Waals surface area contributed by atoms with Crippen LogP contribution in [0.4, 0.5) is 0 Å². The second-order valence-electron chi connectivity index (χ2n) is 2.10. The summed E-state index contributed by atoms with van der Waals surface area (Å²) in [7, 11) is 0. The number of furan rings is 1. The van der Waals surface area contributed by atoms with Gasteiger partial charge in [-0.25, -0.2) is 0 Å². The SMILES string of the molecule is CC(=O)c1cc(C)oc1Cl. The van der Waals surface area contributed by atoms with Crippen LogP contribution in [0, 0.1) is 6.92 Å². The molecular formula is C7H7ClO2. The summed E-state index contributed by atoms with van der Waals surface area (Å²) in [6, 6.07) is 1.63. The fourth-order valence-corrected chi connectivity index (χ4v) is 1.04. The number of rotatable bonds is 1. The monoisotopic (exact) mass is 158 g/mol. The molecule has 0 aromatic carbocycles. The third kappa shape index (κ3) is 1.21. The lowest BCUT2D eigenvalue weighted by Crippen LogP contribution is -1.87. The predicted octanol–water partition coefficient (Wildman–Crippen LogP) is 2.44. The Morgan fingerprint density at radius 2 is 2.30 bits per heavy atom. The lowest BCUT2D eigenvalue weighted by Gasteiger charge is -1.84. The number of aryl methyl sites for hydroxylation is 1. The molecule has 0 aliphatic carbocycles. The zero-order valence-corrected chi connectivity index (χ0v) is 6.53. The smallest absolute Gasteiger partial charge is 0.204 e. The summed E-state index contributed by atoms with van der Waals surface area (Å²) in [4.78, 5) is 10.7. The summed E-state index contributed by atoms with van der Waals surface area (Å²) < 4.78 is 4.92. The maximum absolute atomic E-state index is 10.7. The van der Waals surface area contributed by atoms with Crippen molar-refractivity contribution in [3.63, 3.8) is 0 Å². The van der Waals surface area contributed by atoms with E-state index in [-0.39, 0.29) is 11.0 Å². The Bertz CT molecular complexity index is 263. The van der Waals surface area contributed by atoms with E-state index in [2.05, 4.69) is 0 Å². The summed E-state index contributed by atoms with van der Waals surface area (Å²) in [5.41, 5.74) is 0.458. The molecule has 2 nitrogen and oxygen atoms in total. The highest BCUT2D eigenvalue weighted by molar-refractivity contribution is 6.32. The lowest BCUT2D eigenvalue weighted by atomic mass is 10.2. The number of hydrogen-bond acceptors (Lipinski definition) is 2. The van der Waals surface area contributed by atoms with Crippen molar-refractivity contribution in [1.29, 1.82) is 0 Å². The van der Waals surface area contributed by atoms with Gasteiger partial charge in [0.15, 0.2) is 5.78 Å². The van der Waals surface area contributed by atoms with Gasteiger partial charge in [0.25, 0.3) is 0 Å². The Morgan fingerprint density at radius 1 is 1.70 bits per heavy atom. The van der Waals surface area contributed by atoms with E-state index in [0.717, 1.165) is 0 Å². The van der Waals surface area contributed by atoms with Crippen LogP contribution < -0.4 is 0 Å². The van der Waals surface area contributed by atoms with Crippen LogP contribution in [-0.2, 0) is 0 Å². The van der Waals surface area contributed by atoms with Crippen LogP contribution in [0.25, 0.3) is 0 Å². The first-order chi connectivity index (χ1) is 4.61. The average molecular weight is 159 g/mol. The maximum Gasteiger partial charge on any atom is 0.204 e. The van der Waals surface area contributed by atoms with Gasteiger partial charge < -0.3 is 4.42 Å². The number of hydrogen-bond donors (Lipinski definition) is 0. The third-order valence-electron chi connectivity index (χ3n) is 1.19. The Hall–Kier alpha value is -0.760. The van der Waals surface area contributed by atoms with Crippen molar-refractivity contribution < 1.29 is 9.21 Å². The van der Waals surface area contributed by atoms with Gasteiger partial charge in [-0.2, -0.15) is 0 Å². The van der Waals surface area contributed by atoms with E-state index in [0.29, 0.717) is 11.3 Å². The molecule has 0 aliphatic rings. The average Bonchev–Trinajstić information content (AvgIpc) is 2.10. The number of halogens is 1. The van der Waals surface area contributed by atoms with E-state index < -0.39 is 0 Å². The predicted molar refractivity (Wildman–Crippen MR) is 38.5 cm³/mol. The van der Waals surface area contributed by atoms with Crippen LogP contribution in [0.3, 0.4) is 0 Å². The first-order valence-electron chi connectivity index (χ1n) is 2.88. The molecule has 54 valence electrons. The lowest BCUT2D eigenvalue weighted by molar-refractivity contribution is 0.101. The normalized spacial score (nSPS) is 9.90. The first kappa shape index (κ1) is 7.35. The summed E-state index contributed by atoms with van der Waals surface area (Å²) >= 11 is 5.55. The molecule has 3 heteroatoms.